The zero-order valence-electron chi connectivity index (χ0n) is 13.7. The van der Waals surface area contributed by atoms with E-state index in [4.69, 9.17) is 4.74 Å². The molecule has 0 saturated heterocycles. The molecular formula is C16H28N2O2S. The highest BCUT2D eigenvalue weighted by molar-refractivity contribution is 7.13. The van der Waals surface area contributed by atoms with E-state index in [9.17, 15) is 4.79 Å². The summed E-state index contributed by atoms with van der Waals surface area (Å²) < 4.78 is 4.93. The van der Waals surface area contributed by atoms with Gasteiger partial charge in [0.15, 0.2) is 5.13 Å². The third-order valence-electron chi connectivity index (χ3n) is 3.36. The Morgan fingerprint density at radius 1 is 1.38 bits per heavy atom. The molecule has 0 fully saturated rings. The molecule has 0 amide bonds. The van der Waals surface area contributed by atoms with Gasteiger partial charge in [-0.2, -0.15) is 0 Å². The number of thiazole rings is 1. The Bertz CT molecular complexity index is 430. The zero-order chi connectivity index (χ0) is 15.7. The number of rotatable bonds is 10. The van der Waals surface area contributed by atoms with Gasteiger partial charge in [0.1, 0.15) is 0 Å². The lowest BCUT2D eigenvalue weighted by atomic mass is 9.87. The van der Waals surface area contributed by atoms with E-state index in [1.165, 1.54) is 25.7 Å². The molecule has 0 spiro atoms. The maximum Gasteiger partial charge on any atom is 0.311 e. The van der Waals surface area contributed by atoms with Crippen LogP contribution in [-0.2, 0) is 16.0 Å². The minimum Gasteiger partial charge on any atom is -0.466 e. The quantitative estimate of drug-likeness (QED) is 0.518. The number of hydrogen-bond acceptors (Lipinski definition) is 5. The Kier molecular flexibility index (Phi) is 7.72. The number of nitrogens with one attached hydrogen (secondary N) is 1. The molecule has 0 radical (unpaired) electrons. The third kappa shape index (κ3) is 7.46. The Morgan fingerprint density at radius 2 is 2.14 bits per heavy atom. The second-order valence-corrected chi connectivity index (χ2v) is 6.96. The van der Waals surface area contributed by atoms with Crippen LogP contribution in [0.1, 0.15) is 59.1 Å². The predicted molar refractivity (Wildman–Crippen MR) is 88.9 cm³/mol. The molecule has 1 aromatic rings. The topological polar surface area (TPSA) is 51.2 Å². The van der Waals surface area contributed by atoms with Crippen LogP contribution < -0.4 is 5.32 Å². The molecule has 1 heterocycles. The second kappa shape index (κ2) is 9.03. The number of hydrogen-bond donors (Lipinski definition) is 1. The number of nitrogens with zero attached hydrogens (tertiary/aromatic N) is 1. The maximum absolute atomic E-state index is 11.4. The van der Waals surface area contributed by atoms with E-state index in [1.54, 1.807) is 11.3 Å². The molecular weight excluding hydrogens is 284 g/mol. The molecule has 1 aromatic heterocycles. The lowest BCUT2D eigenvalue weighted by Crippen LogP contribution is -2.23. The van der Waals surface area contributed by atoms with Gasteiger partial charge in [0, 0.05) is 11.9 Å². The summed E-state index contributed by atoms with van der Waals surface area (Å²) in [4.78, 5) is 15.8. The average Bonchev–Trinajstić information content (AvgIpc) is 2.85. The first kappa shape index (κ1) is 18.0. The van der Waals surface area contributed by atoms with Crippen molar-refractivity contribution in [3.05, 3.63) is 11.1 Å². The molecule has 0 aliphatic carbocycles. The fraction of sp³-hybridized carbons (Fsp3) is 0.750. The summed E-state index contributed by atoms with van der Waals surface area (Å²) in [5.74, 6) is -0.214. The molecule has 0 unspecified atom stereocenters. The molecule has 1 rings (SSSR count). The van der Waals surface area contributed by atoms with E-state index >= 15 is 0 Å². The number of anilines is 1. The van der Waals surface area contributed by atoms with E-state index in [0.717, 1.165) is 17.4 Å². The summed E-state index contributed by atoms with van der Waals surface area (Å²) in [6.45, 7) is 9.92. The number of carbonyl (C=O) groups is 1. The Morgan fingerprint density at radius 3 is 2.81 bits per heavy atom. The SMILES string of the molecule is CCCCCC(C)(C)CNc1nc(CC(=O)OCC)cs1. The summed E-state index contributed by atoms with van der Waals surface area (Å²) in [5, 5.41) is 6.20. The lowest BCUT2D eigenvalue weighted by molar-refractivity contribution is -0.142. The third-order valence-corrected chi connectivity index (χ3v) is 4.21. The molecule has 21 heavy (non-hydrogen) atoms. The molecule has 0 aliphatic rings. The molecule has 0 aromatic carbocycles. The molecule has 0 aliphatic heterocycles. The minimum atomic E-state index is -0.214. The van der Waals surface area contributed by atoms with E-state index < -0.39 is 0 Å². The Hall–Kier alpha value is -1.10. The number of carbonyl (C=O) groups excluding carboxylic acids is 1. The number of unbranched alkanes of at least 4 members (excludes halogenated alkanes) is 2. The summed E-state index contributed by atoms with van der Waals surface area (Å²) in [7, 11) is 0. The highest BCUT2D eigenvalue weighted by atomic mass is 32.1. The fourth-order valence-corrected chi connectivity index (χ4v) is 2.80. The smallest absolute Gasteiger partial charge is 0.311 e. The highest BCUT2D eigenvalue weighted by Crippen LogP contribution is 2.25. The summed E-state index contributed by atoms with van der Waals surface area (Å²) in [5.41, 5.74) is 1.05. The number of aromatic nitrogens is 1. The van der Waals surface area contributed by atoms with Crippen molar-refractivity contribution < 1.29 is 9.53 Å². The summed E-state index contributed by atoms with van der Waals surface area (Å²) in [6.07, 6.45) is 5.30. The van der Waals surface area contributed by atoms with Crippen molar-refractivity contribution in [3.63, 3.8) is 0 Å². The van der Waals surface area contributed by atoms with Crippen LogP contribution in [0.4, 0.5) is 5.13 Å². The van der Waals surface area contributed by atoms with Crippen LogP contribution >= 0.6 is 11.3 Å². The van der Waals surface area contributed by atoms with Crippen molar-refractivity contribution in [2.24, 2.45) is 5.41 Å². The molecule has 4 nitrogen and oxygen atoms in total. The van der Waals surface area contributed by atoms with Gasteiger partial charge in [0.2, 0.25) is 0 Å². The Balaban J connectivity index is 2.38. The number of esters is 1. The maximum atomic E-state index is 11.4. The van der Waals surface area contributed by atoms with Crippen molar-refractivity contribution in [2.75, 3.05) is 18.5 Å². The molecule has 0 saturated carbocycles. The van der Waals surface area contributed by atoms with Gasteiger partial charge in [-0.1, -0.05) is 40.0 Å². The minimum absolute atomic E-state index is 0.214. The largest absolute Gasteiger partial charge is 0.466 e. The molecule has 0 atom stereocenters. The van der Waals surface area contributed by atoms with Crippen LogP contribution in [0.2, 0.25) is 0 Å². The molecule has 5 heteroatoms. The van der Waals surface area contributed by atoms with Crippen LogP contribution in [0, 0.1) is 5.41 Å². The van der Waals surface area contributed by atoms with Crippen molar-refractivity contribution in [1.29, 1.82) is 0 Å². The molecule has 1 N–H and O–H groups in total. The first-order valence-electron chi connectivity index (χ1n) is 7.80. The zero-order valence-corrected chi connectivity index (χ0v) is 14.5. The van der Waals surface area contributed by atoms with E-state index in [1.807, 2.05) is 12.3 Å². The molecule has 0 bridgehead atoms. The van der Waals surface area contributed by atoms with E-state index in [-0.39, 0.29) is 17.8 Å². The van der Waals surface area contributed by atoms with Crippen LogP contribution in [0.3, 0.4) is 0 Å². The van der Waals surface area contributed by atoms with Gasteiger partial charge in [-0.15, -0.1) is 11.3 Å². The summed E-state index contributed by atoms with van der Waals surface area (Å²) >= 11 is 1.55. The number of ether oxygens (including phenoxy) is 1. The normalized spacial score (nSPS) is 11.4. The van der Waals surface area contributed by atoms with Crippen LogP contribution in [0.5, 0.6) is 0 Å². The van der Waals surface area contributed by atoms with Gasteiger partial charge in [-0.05, 0) is 18.8 Å². The van der Waals surface area contributed by atoms with Gasteiger partial charge in [0.25, 0.3) is 0 Å². The summed E-state index contributed by atoms with van der Waals surface area (Å²) in [6, 6.07) is 0. The highest BCUT2D eigenvalue weighted by Gasteiger charge is 2.18. The van der Waals surface area contributed by atoms with Gasteiger partial charge in [-0.25, -0.2) is 4.98 Å². The second-order valence-electron chi connectivity index (χ2n) is 6.10. The van der Waals surface area contributed by atoms with Crippen molar-refractivity contribution in [3.8, 4) is 0 Å². The van der Waals surface area contributed by atoms with Gasteiger partial charge >= 0.3 is 5.97 Å². The van der Waals surface area contributed by atoms with Crippen molar-refractivity contribution >= 4 is 22.4 Å². The van der Waals surface area contributed by atoms with Crippen molar-refractivity contribution in [2.45, 2.75) is 59.8 Å². The molecule has 120 valence electrons. The van der Waals surface area contributed by atoms with Crippen LogP contribution in [0.25, 0.3) is 0 Å². The van der Waals surface area contributed by atoms with E-state index in [2.05, 4.69) is 31.1 Å². The monoisotopic (exact) mass is 312 g/mol. The Labute approximate surface area is 132 Å². The average molecular weight is 312 g/mol. The van der Waals surface area contributed by atoms with Crippen molar-refractivity contribution in [1.82, 2.24) is 4.98 Å². The van der Waals surface area contributed by atoms with Gasteiger partial charge < -0.3 is 10.1 Å². The predicted octanol–water partition coefficient (Wildman–Crippen LogP) is 4.27. The lowest BCUT2D eigenvalue weighted by Gasteiger charge is -2.24. The van der Waals surface area contributed by atoms with Crippen LogP contribution in [-0.4, -0.2) is 24.1 Å². The van der Waals surface area contributed by atoms with E-state index in [0.29, 0.717) is 6.61 Å². The van der Waals surface area contributed by atoms with Gasteiger partial charge in [-0.3, -0.25) is 4.79 Å². The first-order valence-corrected chi connectivity index (χ1v) is 8.68. The standard InChI is InChI=1S/C16H28N2O2S/c1-5-7-8-9-16(3,4)12-17-15-18-13(11-21-15)10-14(19)20-6-2/h11H,5-10,12H2,1-4H3,(H,17,18). The first-order chi connectivity index (χ1) is 9.96. The fourth-order valence-electron chi connectivity index (χ4n) is 2.09. The van der Waals surface area contributed by atoms with Gasteiger partial charge in [0.05, 0.1) is 18.7 Å². The van der Waals surface area contributed by atoms with Crippen LogP contribution in [0.15, 0.2) is 5.38 Å².